The van der Waals surface area contributed by atoms with Crippen molar-refractivity contribution in [3.63, 3.8) is 0 Å². The molecule has 154 valence electrons. The van der Waals surface area contributed by atoms with E-state index in [1.807, 2.05) is 60.7 Å². The van der Waals surface area contributed by atoms with Crippen LogP contribution >= 0.6 is 11.6 Å². The van der Waals surface area contributed by atoms with Gasteiger partial charge >= 0.3 is 5.97 Å². The largest absolute Gasteiger partial charge is 0.457 e. The van der Waals surface area contributed by atoms with Crippen LogP contribution in [0.3, 0.4) is 0 Å². The summed E-state index contributed by atoms with van der Waals surface area (Å²) in [6, 6.07) is 28.1. The number of imidazole rings is 1. The Balaban J connectivity index is 1.74. The third-order valence-electron chi connectivity index (χ3n) is 5.32. The quantitative estimate of drug-likeness (QED) is 0.254. The first-order chi connectivity index (χ1) is 15.7. The summed E-state index contributed by atoms with van der Waals surface area (Å²) in [6.45, 7) is -0.111. The number of aromatic nitrogens is 2. The van der Waals surface area contributed by atoms with Crippen LogP contribution in [0.1, 0.15) is 21.5 Å². The highest BCUT2D eigenvalue weighted by Crippen LogP contribution is 2.38. The summed E-state index contributed by atoms with van der Waals surface area (Å²) in [5.74, 6) is -0.474. The number of esters is 1. The molecule has 32 heavy (non-hydrogen) atoms. The van der Waals surface area contributed by atoms with Crippen molar-refractivity contribution < 1.29 is 9.53 Å². The van der Waals surface area contributed by atoms with Crippen LogP contribution in [-0.2, 0) is 11.3 Å². The number of rotatable bonds is 4. The molecule has 0 amide bonds. The number of para-hydroxylation sites is 2. The first-order valence-electron chi connectivity index (χ1n) is 9.98. The number of halogens is 1. The van der Waals surface area contributed by atoms with Crippen molar-refractivity contribution in [2.45, 2.75) is 6.61 Å². The smallest absolute Gasteiger partial charge is 0.338 e. The number of carbonyl (C=O) groups is 1. The summed E-state index contributed by atoms with van der Waals surface area (Å²) < 4.78 is 7.39. The minimum Gasteiger partial charge on any atom is -0.457 e. The number of hydrogen-bond donors (Lipinski definition) is 0. The minimum absolute atomic E-state index is 0.111. The Kier molecular flexibility index (Phi) is 5.06. The van der Waals surface area contributed by atoms with Crippen LogP contribution in [-0.4, -0.2) is 15.4 Å². The highest BCUT2D eigenvalue weighted by Gasteiger charge is 2.24. The zero-order valence-electron chi connectivity index (χ0n) is 16.8. The lowest BCUT2D eigenvalue weighted by molar-refractivity contribution is 0.0473. The van der Waals surface area contributed by atoms with Crippen LogP contribution in [0.15, 0.2) is 84.9 Å². The predicted molar refractivity (Wildman–Crippen MR) is 123 cm³/mol. The monoisotopic (exact) mass is 437 g/mol. The van der Waals surface area contributed by atoms with Gasteiger partial charge in [0.05, 0.1) is 16.6 Å². The molecule has 0 fully saturated rings. The fourth-order valence-corrected chi connectivity index (χ4v) is 4.24. The molecule has 2 heterocycles. The number of carbonyl (C=O) groups excluding carboxylic acids is 1. The van der Waals surface area contributed by atoms with Crippen molar-refractivity contribution >= 4 is 34.3 Å². The lowest BCUT2D eigenvalue weighted by Crippen LogP contribution is -2.09. The Morgan fingerprint density at radius 1 is 0.969 bits per heavy atom. The van der Waals surface area contributed by atoms with Crippen LogP contribution in [0.4, 0.5) is 0 Å². The Labute approximate surface area is 189 Å². The molecule has 5 nitrogen and oxygen atoms in total. The fourth-order valence-electron chi connectivity index (χ4n) is 3.84. The van der Waals surface area contributed by atoms with Gasteiger partial charge in [-0.25, -0.2) is 9.78 Å². The summed E-state index contributed by atoms with van der Waals surface area (Å²) in [6.07, 6.45) is 0. The SMILES string of the molecule is N#Cc1c(COC(=O)c2ccccc2)c(-c2ccccc2)c(Cl)n2c1nc1ccccc12. The summed E-state index contributed by atoms with van der Waals surface area (Å²) in [5, 5.41) is 10.5. The van der Waals surface area contributed by atoms with Crippen LogP contribution in [0, 0.1) is 11.3 Å². The van der Waals surface area contributed by atoms with Crippen LogP contribution in [0.25, 0.3) is 27.8 Å². The van der Waals surface area contributed by atoms with E-state index in [1.54, 1.807) is 28.7 Å². The van der Waals surface area contributed by atoms with Gasteiger partial charge in [0, 0.05) is 11.1 Å². The molecule has 5 rings (SSSR count). The number of benzene rings is 3. The van der Waals surface area contributed by atoms with E-state index >= 15 is 0 Å². The van der Waals surface area contributed by atoms with Crippen molar-refractivity contribution in [3.8, 4) is 17.2 Å². The standard InChI is InChI=1S/C26H16ClN3O2/c27-24-23(17-9-3-1-4-10-17)20(16-32-26(31)18-11-5-2-6-12-18)19(15-28)25-29-21-13-7-8-14-22(21)30(24)25/h1-14H,16H2. The topological polar surface area (TPSA) is 67.4 Å². The minimum atomic E-state index is -0.474. The van der Waals surface area contributed by atoms with Crippen molar-refractivity contribution in [1.82, 2.24) is 9.38 Å². The average molecular weight is 438 g/mol. The number of nitriles is 1. The summed E-state index contributed by atoms with van der Waals surface area (Å²) >= 11 is 6.94. The third kappa shape index (κ3) is 3.27. The first kappa shape index (κ1) is 19.8. The normalized spacial score (nSPS) is 10.9. The molecule has 0 saturated carbocycles. The Morgan fingerprint density at radius 2 is 1.62 bits per heavy atom. The van der Waals surface area contributed by atoms with Crippen LogP contribution in [0.2, 0.25) is 5.15 Å². The van der Waals surface area contributed by atoms with Gasteiger partial charge in [0.1, 0.15) is 23.4 Å². The van der Waals surface area contributed by atoms with Gasteiger partial charge in [0.25, 0.3) is 0 Å². The van der Waals surface area contributed by atoms with Gasteiger partial charge in [0.15, 0.2) is 5.65 Å². The lowest BCUT2D eigenvalue weighted by Gasteiger charge is -2.16. The molecular formula is C26H16ClN3O2. The maximum Gasteiger partial charge on any atom is 0.338 e. The Hall–Kier alpha value is -4.14. The molecule has 0 atom stereocenters. The van der Waals surface area contributed by atoms with E-state index in [4.69, 9.17) is 16.3 Å². The second kappa shape index (κ2) is 8.18. The molecule has 0 N–H and O–H groups in total. The lowest BCUT2D eigenvalue weighted by atomic mass is 9.98. The molecule has 6 heteroatoms. The maximum absolute atomic E-state index is 12.6. The Morgan fingerprint density at radius 3 is 2.34 bits per heavy atom. The highest BCUT2D eigenvalue weighted by atomic mass is 35.5. The number of pyridine rings is 1. The zero-order chi connectivity index (χ0) is 22.1. The fraction of sp³-hybridized carbons (Fsp3) is 0.0385. The second-order valence-electron chi connectivity index (χ2n) is 7.20. The molecule has 0 saturated heterocycles. The second-order valence-corrected chi connectivity index (χ2v) is 7.56. The van der Waals surface area contributed by atoms with E-state index in [9.17, 15) is 10.1 Å². The van der Waals surface area contributed by atoms with Crippen molar-refractivity contribution in [2.75, 3.05) is 0 Å². The van der Waals surface area contributed by atoms with Crippen LogP contribution in [0.5, 0.6) is 0 Å². The summed E-state index contributed by atoms with van der Waals surface area (Å²) in [4.78, 5) is 17.2. The molecular weight excluding hydrogens is 422 g/mol. The van der Waals surface area contributed by atoms with Gasteiger partial charge in [-0.1, -0.05) is 72.3 Å². The van der Waals surface area contributed by atoms with Crippen molar-refractivity contribution in [2.24, 2.45) is 0 Å². The summed E-state index contributed by atoms with van der Waals surface area (Å²) in [7, 11) is 0. The van der Waals surface area contributed by atoms with Gasteiger partial charge in [-0.05, 0) is 29.8 Å². The predicted octanol–water partition coefficient (Wildman–Crippen LogP) is 6.04. The van der Waals surface area contributed by atoms with E-state index in [0.29, 0.717) is 33.1 Å². The molecule has 0 aliphatic rings. The first-order valence-corrected chi connectivity index (χ1v) is 10.4. The third-order valence-corrected chi connectivity index (χ3v) is 5.68. The molecule has 0 aliphatic carbocycles. The van der Waals surface area contributed by atoms with E-state index < -0.39 is 5.97 Å². The summed E-state index contributed by atoms with van der Waals surface area (Å²) in [5.41, 5.74) is 4.70. The van der Waals surface area contributed by atoms with E-state index in [0.717, 1.165) is 16.6 Å². The van der Waals surface area contributed by atoms with Gasteiger partial charge in [-0.2, -0.15) is 5.26 Å². The van der Waals surface area contributed by atoms with Gasteiger partial charge in [-0.15, -0.1) is 0 Å². The van der Waals surface area contributed by atoms with Crippen LogP contribution < -0.4 is 0 Å². The number of nitrogens with zero attached hydrogens (tertiary/aromatic N) is 3. The molecule has 0 bridgehead atoms. The molecule has 3 aromatic carbocycles. The van der Waals surface area contributed by atoms with Crippen molar-refractivity contribution in [1.29, 1.82) is 5.26 Å². The highest BCUT2D eigenvalue weighted by molar-refractivity contribution is 6.33. The van der Waals surface area contributed by atoms with E-state index in [1.165, 1.54) is 0 Å². The molecule has 0 radical (unpaired) electrons. The van der Waals surface area contributed by atoms with E-state index in [2.05, 4.69) is 11.1 Å². The average Bonchev–Trinajstić information content (AvgIpc) is 3.23. The molecule has 5 aromatic rings. The maximum atomic E-state index is 12.6. The van der Waals surface area contributed by atoms with Gasteiger partial charge in [0.2, 0.25) is 0 Å². The zero-order valence-corrected chi connectivity index (χ0v) is 17.6. The number of fused-ring (bicyclic) bond motifs is 3. The molecule has 0 unspecified atom stereocenters. The number of hydrogen-bond acceptors (Lipinski definition) is 4. The number of ether oxygens (including phenoxy) is 1. The van der Waals surface area contributed by atoms with E-state index in [-0.39, 0.29) is 6.61 Å². The van der Waals surface area contributed by atoms with Crippen molar-refractivity contribution in [3.05, 3.63) is 107 Å². The molecule has 0 spiro atoms. The molecule has 2 aromatic heterocycles. The van der Waals surface area contributed by atoms with Gasteiger partial charge < -0.3 is 4.74 Å². The Bertz CT molecular complexity index is 1500. The molecule has 0 aliphatic heterocycles. The van der Waals surface area contributed by atoms with Gasteiger partial charge in [-0.3, -0.25) is 4.40 Å².